The number of fused-ring (bicyclic) bond motifs is 1. The third-order valence-corrected chi connectivity index (χ3v) is 8.48. The predicted molar refractivity (Wildman–Crippen MR) is 99.8 cm³/mol. The number of methoxy groups -OCH3 is 2. The van der Waals surface area contributed by atoms with Crippen molar-refractivity contribution in [2.24, 2.45) is 5.41 Å². The normalized spacial score (nSPS) is 43.6. The number of carbonyl (C=O) groups excluding carboxylic acids is 1. The molecule has 0 aromatic heterocycles. The van der Waals surface area contributed by atoms with Crippen molar-refractivity contribution in [3.8, 4) is 11.5 Å². The molecule has 4 aliphatic carbocycles. The molecule has 2 spiro atoms. The van der Waals surface area contributed by atoms with E-state index in [0.717, 1.165) is 17.5 Å². The van der Waals surface area contributed by atoms with E-state index in [1.807, 2.05) is 17.0 Å². The van der Waals surface area contributed by atoms with Crippen LogP contribution in [0.2, 0.25) is 0 Å². The first-order chi connectivity index (χ1) is 14.0. The maximum absolute atomic E-state index is 12.4. The molecule has 8 nitrogen and oxygen atoms in total. The average molecular weight is 400 g/mol. The van der Waals surface area contributed by atoms with Gasteiger partial charge in [-0.15, -0.1) is 0 Å². The molecule has 2 N–H and O–H groups in total. The molecule has 29 heavy (non-hydrogen) atoms. The summed E-state index contributed by atoms with van der Waals surface area (Å²) in [6.45, 7) is 0.622. The molecule has 1 saturated heterocycles. The number of rotatable bonds is 4. The van der Waals surface area contributed by atoms with Crippen LogP contribution in [0.15, 0.2) is 24.3 Å². The fraction of sp³-hybridized carbons (Fsp3) is 0.571. The Labute approximate surface area is 168 Å². The van der Waals surface area contributed by atoms with E-state index in [0.29, 0.717) is 37.3 Å². The maximum atomic E-state index is 12.4. The van der Waals surface area contributed by atoms with Crippen LogP contribution < -0.4 is 14.7 Å². The Balaban J connectivity index is 1.70. The van der Waals surface area contributed by atoms with Crippen LogP contribution in [0.25, 0.3) is 0 Å². The van der Waals surface area contributed by atoms with E-state index in [2.05, 4.69) is 12.1 Å². The van der Waals surface area contributed by atoms with Gasteiger partial charge < -0.3 is 24.3 Å². The van der Waals surface area contributed by atoms with E-state index in [-0.39, 0.29) is 6.04 Å². The number of carbonyl (C=O) groups is 1. The number of hydroxylamine groups is 2. The molecule has 6 aliphatic rings. The van der Waals surface area contributed by atoms with Gasteiger partial charge in [0, 0.05) is 37.1 Å². The van der Waals surface area contributed by atoms with E-state index in [1.54, 1.807) is 14.2 Å². The number of hydrogen-bond donors (Lipinski definition) is 2. The molecule has 1 aromatic carbocycles. The molecule has 7 rings (SSSR count). The van der Waals surface area contributed by atoms with Gasteiger partial charge in [0.05, 0.1) is 12.5 Å². The second-order valence-electron chi connectivity index (χ2n) is 8.94. The number of benzene rings is 1. The first-order valence-corrected chi connectivity index (χ1v) is 10.1. The van der Waals surface area contributed by atoms with Gasteiger partial charge in [-0.3, -0.25) is 4.79 Å². The van der Waals surface area contributed by atoms with Crippen molar-refractivity contribution in [2.45, 2.75) is 48.5 Å². The lowest BCUT2D eigenvalue weighted by Gasteiger charge is -2.70. The zero-order valence-corrected chi connectivity index (χ0v) is 16.4. The van der Waals surface area contributed by atoms with E-state index in [9.17, 15) is 15.2 Å². The van der Waals surface area contributed by atoms with Gasteiger partial charge in [0.15, 0.2) is 23.1 Å². The highest BCUT2D eigenvalue weighted by atomic mass is 16.8. The summed E-state index contributed by atoms with van der Waals surface area (Å²) in [5.41, 5.74) is 0.318. The van der Waals surface area contributed by atoms with Crippen LogP contribution in [0.5, 0.6) is 11.5 Å². The summed E-state index contributed by atoms with van der Waals surface area (Å²) < 4.78 is 18.2. The molecule has 8 heteroatoms. The summed E-state index contributed by atoms with van der Waals surface area (Å²) in [6.07, 6.45) is 6.32. The van der Waals surface area contributed by atoms with Crippen molar-refractivity contribution in [3.05, 3.63) is 40.6 Å². The third kappa shape index (κ3) is 1.64. The first-order valence-electron chi connectivity index (χ1n) is 10.1. The van der Waals surface area contributed by atoms with Gasteiger partial charge in [0.25, 0.3) is 0 Å². The van der Waals surface area contributed by atoms with E-state index < -0.39 is 33.8 Å². The lowest BCUT2D eigenvalue weighted by molar-refractivity contribution is -1.07. The minimum absolute atomic E-state index is 0.0973. The number of nitrogens with one attached hydrogen (secondary N) is 1. The minimum atomic E-state index is -1.06. The molecule has 2 fully saturated rings. The standard InChI is InChI=1S/C21H24N2O6/c1-27-13-4-3-12-9-14-19-5-6-21(28-2,15(10-19)23(25)26)18-20(19,7-8-22(14)11-24)16(12)17(13)29-18/h3-6,11,14-15,18,23,25H,7-10H2,1-2H3/t14-,15+,18+,19-,20+,21-/m1/s1. The molecular weight excluding hydrogens is 376 g/mol. The van der Waals surface area contributed by atoms with Crippen molar-refractivity contribution in [2.75, 3.05) is 20.8 Å². The fourth-order valence-electron chi connectivity index (χ4n) is 7.43. The summed E-state index contributed by atoms with van der Waals surface area (Å²) >= 11 is 0. The Kier molecular flexibility index (Phi) is 3.24. The predicted octanol–water partition coefficient (Wildman–Crippen LogP) is -0.0336. The summed E-state index contributed by atoms with van der Waals surface area (Å²) in [5, 5.41) is 21.6. The van der Waals surface area contributed by atoms with Gasteiger partial charge >= 0.3 is 0 Å². The van der Waals surface area contributed by atoms with Gasteiger partial charge in [-0.25, -0.2) is 10.4 Å². The molecule has 4 bridgehead atoms. The summed E-state index contributed by atoms with van der Waals surface area (Å²) in [5.74, 6) is 1.38. The number of likely N-dealkylation sites (tertiary alicyclic amines) is 1. The average Bonchev–Trinajstić information content (AvgIpc) is 3.10. The van der Waals surface area contributed by atoms with Gasteiger partial charge in [-0.2, -0.15) is 0 Å². The highest BCUT2D eigenvalue weighted by molar-refractivity contribution is 5.66. The van der Waals surface area contributed by atoms with Crippen molar-refractivity contribution < 1.29 is 29.4 Å². The maximum Gasteiger partial charge on any atom is 0.209 e. The number of ether oxygens (including phenoxy) is 3. The highest BCUT2D eigenvalue weighted by Crippen LogP contribution is 2.73. The van der Waals surface area contributed by atoms with Crippen molar-refractivity contribution in [1.82, 2.24) is 4.90 Å². The van der Waals surface area contributed by atoms with Gasteiger partial charge in [0.2, 0.25) is 6.41 Å². The zero-order chi connectivity index (χ0) is 20.2. The number of piperidine rings is 1. The molecule has 1 aromatic rings. The Morgan fingerprint density at radius 2 is 2.21 bits per heavy atom. The second-order valence-corrected chi connectivity index (χ2v) is 8.94. The monoisotopic (exact) mass is 400 g/mol. The van der Waals surface area contributed by atoms with Gasteiger partial charge in [-0.05, 0) is 30.5 Å². The topological polar surface area (TPSA) is 95.7 Å². The molecule has 154 valence electrons. The summed E-state index contributed by atoms with van der Waals surface area (Å²) in [4.78, 5) is 13.8. The van der Waals surface area contributed by atoms with Crippen LogP contribution >= 0.6 is 0 Å². The van der Waals surface area contributed by atoms with Crippen molar-refractivity contribution in [1.29, 1.82) is 0 Å². The summed E-state index contributed by atoms with van der Waals surface area (Å²) in [7, 11) is 3.19. The fourth-order valence-corrected chi connectivity index (χ4v) is 7.43. The van der Waals surface area contributed by atoms with E-state index in [4.69, 9.17) is 14.2 Å². The highest BCUT2D eigenvalue weighted by Gasteiger charge is 2.81. The Bertz CT molecular complexity index is 949. The van der Waals surface area contributed by atoms with Crippen LogP contribution in [0.3, 0.4) is 0 Å². The zero-order valence-electron chi connectivity index (χ0n) is 16.4. The number of quaternary nitrogens is 1. The van der Waals surface area contributed by atoms with Crippen LogP contribution in [0.1, 0.15) is 24.0 Å². The quantitative estimate of drug-likeness (QED) is 0.419. The lowest BCUT2D eigenvalue weighted by Crippen LogP contribution is -3.14. The Hall–Kier alpha value is -2.13. The number of nitrogens with zero attached hydrogens (tertiary/aromatic N) is 1. The Morgan fingerprint density at radius 1 is 1.38 bits per heavy atom. The molecule has 0 radical (unpaired) electrons. The molecule has 7 atom stereocenters. The van der Waals surface area contributed by atoms with Crippen LogP contribution in [0, 0.1) is 10.6 Å². The van der Waals surface area contributed by atoms with E-state index >= 15 is 0 Å². The molecular formula is C21H24N2O6. The van der Waals surface area contributed by atoms with Gasteiger partial charge in [-0.1, -0.05) is 12.1 Å². The van der Waals surface area contributed by atoms with E-state index in [1.165, 1.54) is 0 Å². The lowest BCUT2D eigenvalue weighted by atomic mass is 9.38. The first kappa shape index (κ1) is 17.7. The molecule has 1 unspecified atom stereocenters. The molecule has 1 amide bonds. The second kappa shape index (κ2) is 5.31. The third-order valence-electron chi connectivity index (χ3n) is 8.48. The molecule has 2 heterocycles. The smallest absolute Gasteiger partial charge is 0.209 e. The number of hydrogen-bond acceptors (Lipinski definition) is 6. The van der Waals surface area contributed by atoms with Crippen LogP contribution in [-0.4, -0.2) is 61.1 Å². The van der Waals surface area contributed by atoms with Crippen molar-refractivity contribution in [3.63, 3.8) is 0 Å². The Morgan fingerprint density at radius 3 is 2.90 bits per heavy atom. The van der Waals surface area contributed by atoms with Crippen molar-refractivity contribution >= 4 is 6.41 Å². The largest absolute Gasteiger partial charge is 0.600 e. The van der Waals surface area contributed by atoms with Crippen LogP contribution in [-0.2, 0) is 21.4 Å². The number of amides is 1. The van der Waals surface area contributed by atoms with Gasteiger partial charge in [0.1, 0.15) is 6.10 Å². The SMILES string of the molecule is COc1ccc2c3c1O[C@@H]1[C@@]4(OC)C=C[C@@]5(C[C@@H]4[NH+]([O-])O)[C@@H](C2)N(C=O)CC[C@]315. The minimum Gasteiger partial charge on any atom is -0.600 e. The molecule has 2 aliphatic heterocycles. The molecule has 1 saturated carbocycles. The summed E-state index contributed by atoms with van der Waals surface area (Å²) in [6, 6.07) is 3.14. The van der Waals surface area contributed by atoms with Crippen LogP contribution in [0.4, 0.5) is 0 Å².